The summed E-state index contributed by atoms with van der Waals surface area (Å²) in [4.78, 5) is 23.3. The molecule has 10 heteroatoms. The molecule has 0 atom stereocenters. The number of carbonyl (C=O) groups is 1. The van der Waals surface area contributed by atoms with Gasteiger partial charge in [0.05, 0.1) is 28.3 Å². The molecule has 0 unspecified atom stereocenters. The third-order valence-corrected chi connectivity index (χ3v) is 6.10. The fraction of sp³-hybridized carbons (Fsp3) is 0.136. The van der Waals surface area contributed by atoms with Crippen molar-refractivity contribution in [2.24, 2.45) is 0 Å². The van der Waals surface area contributed by atoms with Crippen LogP contribution in [0.3, 0.4) is 0 Å². The van der Waals surface area contributed by atoms with E-state index >= 15 is 0 Å². The molecule has 9 nitrogen and oxygen atoms in total. The molecular weight excluding hydrogens is 434 g/mol. The first-order valence-corrected chi connectivity index (χ1v) is 10.9. The number of non-ortho nitro benzene ring substituents is 1. The van der Waals surface area contributed by atoms with Crippen LogP contribution in [0.15, 0.2) is 65.6 Å². The Kier molecular flexibility index (Phi) is 6.45. The molecule has 3 rings (SSSR count). The number of hydrogen-bond acceptors (Lipinski definition) is 6. The van der Waals surface area contributed by atoms with Gasteiger partial charge in [-0.05, 0) is 49.7 Å². The number of rotatable bonds is 7. The molecule has 2 N–H and O–H groups in total. The standard InChI is InChI=1S/C22H21N3O6S/c1-14-4-9-18(10-5-14)32(29,30)24-19-12-16(7-6-15(19)2)22(26)23-20-13-17(25(27)28)8-11-21(20)31-3/h4-13,24H,1-3H3,(H,23,26). The van der Waals surface area contributed by atoms with Crippen molar-refractivity contribution < 1.29 is 22.9 Å². The van der Waals surface area contributed by atoms with Gasteiger partial charge in [0.25, 0.3) is 21.6 Å². The van der Waals surface area contributed by atoms with Gasteiger partial charge in [-0.15, -0.1) is 0 Å². The summed E-state index contributed by atoms with van der Waals surface area (Å²) < 4.78 is 33.1. The molecule has 1 amide bonds. The van der Waals surface area contributed by atoms with Crippen molar-refractivity contribution in [3.05, 3.63) is 87.5 Å². The van der Waals surface area contributed by atoms with Crippen LogP contribution >= 0.6 is 0 Å². The van der Waals surface area contributed by atoms with Crippen molar-refractivity contribution in [3.8, 4) is 5.75 Å². The second-order valence-electron chi connectivity index (χ2n) is 7.04. The van der Waals surface area contributed by atoms with E-state index in [1.165, 1.54) is 49.6 Å². The Bertz CT molecular complexity index is 1290. The van der Waals surface area contributed by atoms with E-state index in [2.05, 4.69) is 10.0 Å². The lowest BCUT2D eigenvalue weighted by molar-refractivity contribution is -0.384. The van der Waals surface area contributed by atoms with E-state index in [0.717, 1.165) is 5.56 Å². The second-order valence-corrected chi connectivity index (χ2v) is 8.73. The summed E-state index contributed by atoms with van der Waals surface area (Å²) in [6, 6.07) is 14.7. The Hall–Kier alpha value is -3.92. The van der Waals surface area contributed by atoms with E-state index in [9.17, 15) is 23.3 Å². The lowest BCUT2D eigenvalue weighted by Gasteiger charge is -2.13. The van der Waals surface area contributed by atoms with E-state index in [4.69, 9.17) is 4.74 Å². The maximum absolute atomic E-state index is 12.8. The van der Waals surface area contributed by atoms with Crippen LogP contribution in [0.4, 0.5) is 17.1 Å². The minimum atomic E-state index is -3.86. The predicted molar refractivity (Wildman–Crippen MR) is 121 cm³/mol. The topological polar surface area (TPSA) is 128 Å². The summed E-state index contributed by atoms with van der Waals surface area (Å²) in [5.41, 5.74) is 1.85. The van der Waals surface area contributed by atoms with Crippen molar-refractivity contribution in [1.29, 1.82) is 0 Å². The molecule has 0 spiro atoms. The predicted octanol–water partition coefficient (Wildman–Crippen LogP) is 4.27. The van der Waals surface area contributed by atoms with Gasteiger partial charge in [0.2, 0.25) is 0 Å². The average molecular weight is 455 g/mol. The molecule has 32 heavy (non-hydrogen) atoms. The normalized spacial score (nSPS) is 11.0. The molecule has 0 fully saturated rings. The first-order chi connectivity index (χ1) is 15.1. The number of nitrogens with zero attached hydrogens (tertiary/aromatic N) is 1. The smallest absolute Gasteiger partial charge is 0.271 e. The largest absolute Gasteiger partial charge is 0.495 e. The summed E-state index contributed by atoms with van der Waals surface area (Å²) >= 11 is 0. The molecule has 0 aromatic heterocycles. The summed E-state index contributed by atoms with van der Waals surface area (Å²) in [6.07, 6.45) is 0. The van der Waals surface area contributed by atoms with Crippen molar-refractivity contribution in [1.82, 2.24) is 0 Å². The highest BCUT2D eigenvalue weighted by Gasteiger charge is 2.18. The maximum Gasteiger partial charge on any atom is 0.271 e. The lowest BCUT2D eigenvalue weighted by atomic mass is 10.1. The number of benzene rings is 3. The minimum absolute atomic E-state index is 0.0960. The second kappa shape index (κ2) is 9.06. The maximum atomic E-state index is 12.8. The zero-order chi connectivity index (χ0) is 23.5. The number of nitro benzene ring substituents is 1. The number of nitrogens with one attached hydrogen (secondary N) is 2. The van der Waals surface area contributed by atoms with Gasteiger partial charge in [0.15, 0.2) is 0 Å². The van der Waals surface area contributed by atoms with Crippen molar-refractivity contribution in [2.45, 2.75) is 18.7 Å². The quantitative estimate of drug-likeness (QED) is 0.404. The Morgan fingerprint density at radius 2 is 1.66 bits per heavy atom. The van der Waals surface area contributed by atoms with Crippen LogP contribution in [-0.2, 0) is 10.0 Å². The summed E-state index contributed by atoms with van der Waals surface area (Å²) in [5, 5.41) is 13.6. The fourth-order valence-electron chi connectivity index (χ4n) is 2.90. The van der Waals surface area contributed by atoms with Crippen LogP contribution in [0.5, 0.6) is 5.75 Å². The fourth-order valence-corrected chi connectivity index (χ4v) is 4.02. The zero-order valence-electron chi connectivity index (χ0n) is 17.6. The van der Waals surface area contributed by atoms with Gasteiger partial charge in [-0.1, -0.05) is 23.8 Å². The summed E-state index contributed by atoms with van der Waals surface area (Å²) in [5.74, 6) is -0.337. The van der Waals surface area contributed by atoms with Gasteiger partial charge in [-0.25, -0.2) is 8.42 Å². The van der Waals surface area contributed by atoms with E-state index in [-0.39, 0.29) is 33.3 Å². The third-order valence-electron chi connectivity index (χ3n) is 4.72. The number of nitro groups is 1. The number of methoxy groups -OCH3 is 1. The molecule has 0 saturated heterocycles. The van der Waals surface area contributed by atoms with Gasteiger partial charge >= 0.3 is 0 Å². The monoisotopic (exact) mass is 455 g/mol. The number of hydrogen-bond donors (Lipinski definition) is 2. The number of ether oxygens (including phenoxy) is 1. The highest BCUT2D eigenvalue weighted by atomic mass is 32.2. The molecular formula is C22H21N3O6S. The molecule has 3 aromatic rings. The third kappa shape index (κ3) is 5.03. The van der Waals surface area contributed by atoms with E-state index in [1.54, 1.807) is 25.1 Å². The molecule has 0 aliphatic rings. The van der Waals surface area contributed by atoms with Crippen LogP contribution in [0.1, 0.15) is 21.5 Å². The van der Waals surface area contributed by atoms with Crippen molar-refractivity contribution in [2.75, 3.05) is 17.1 Å². The Morgan fingerprint density at radius 3 is 2.28 bits per heavy atom. The van der Waals surface area contributed by atoms with Gasteiger partial charge in [0, 0.05) is 17.7 Å². The van der Waals surface area contributed by atoms with Gasteiger partial charge in [0.1, 0.15) is 5.75 Å². The van der Waals surface area contributed by atoms with Crippen LogP contribution < -0.4 is 14.8 Å². The number of sulfonamides is 1. The van der Waals surface area contributed by atoms with E-state index in [0.29, 0.717) is 5.56 Å². The molecule has 0 radical (unpaired) electrons. The minimum Gasteiger partial charge on any atom is -0.495 e. The molecule has 0 aliphatic carbocycles. The SMILES string of the molecule is COc1ccc([N+](=O)[O-])cc1NC(=O)c1ccc(C)c(NS(=O)(=O)c2ccc(C)cc2)c1. The van der Waals surface area contributed by atoms with Crippen molar-refractivity contribution in [3.63, 3.8) is 0 Å². The van der Waals surface area contributed by atoms with Crippen LogP contribution in [0.25, 0.3) is 0 Å². The number of anilines is 2. The number of amides is 1. The molecule has 0 heterocycles. The van der Waals surface area contributed by atoms with Gasteiger partial charge < -0.3 is 10.1 Å². The molecule has 0 saturated carbocycles. The molecule has 0 aliphatic heterocycles. The van der Waals surface area contributed by atoms with Crippen LogP contribution in [0.2, 0.25) is 0 Å². The van der Waals surface area contributed by atoms with Crippen LogP contribution in [0, 0.1) is 24.0 Å². The van der Waals surface area contributed by atoms with Crippen LogP contribution in [-0.4, -0.2) is 26.4 Å². The Labute approximate surface area is 185 Å². The first-order valence-electron chi connectivity index (χ1n) is 9.44. The molecule has 3 aromatic carbocycles. The lowest BCUT2D eigenvalue weighted by Crippen LogP contribution is -2.16. The summed E-state index contributed by atoms with van der Waals surface area (Å²) in [7, 11) is -2.48. The summed E-state index contributed by atoms with van der Waals surface area (Å²) in [6.45, 7) is 3.56. The van der Waals surface area contributed by atoms with E-state index in [1.807, 2.05) is 6.92 Å². The number of carbonyl (C=O) groups excluding carboxylic acids is 1. The van der Waals surface area contributed by atoms with E-state index < -0.39 is 20.9 Å². The average Bonchev–Trinajstić information content (AvgIpc) is 2.75. The Morgan fingerprint density at radius 1 is 0.969 bits per heavy atom. The van der Waals surface area contributed by atoms with Crippen molar-refractivity contribution >= 4 is 33.0 Å². The zero-order valence-corrected chi connectivity index (χ0v) is 18.4. The highest BCUT2D eigenvalue weighted by Crippen LogP contribution is 2.30. The molecule has 0 bridgehead atoms. The Balaban J connectivity index is 1.88. The van der Waals surface area contributed by atoms with Gasteiger partial charge in [-0.2, -0.15) is 0 Å². The number of aryl methyl sites for hydroxylation is 2. The molecule has 166 valence electrons. The van der Waals surface area contributed by atoms with Gasteiger partial charge in [-0.3, -0.25) is 19.6 Å². The highest BCUT2D eigenvalue weighted by molar-refractivity contribution is 7.92. The first kappa shape index (κ1) is 22.8.